The van der Waals surface area contributed by atoms with Crippen molar-refractivity contribution in [1.29, 1.82) is 0 Å². The lowest BCUT2D eigenvalue weighted by Gasteiger charge is -2.12. The van der Waals surface area contributed by atoms with Crippen LogP contribution >= 0.6 is 0 Å². The Bertz CT molecular complexity index is 603. The molecule has 21 heavy (non-hydrogen) atoms. The van der Waals surface area contributed by atoms with Gasteiger partial charge in [0.05, 0.1) is 5.69 Å². The van der Waals surface area contributed by atoms with E-state index in [4.69, 9.17) is 9.26 Å². The molecule has 1 heterocycles. The van der Waals surface area contributed by atoms with Crippen LogP contribution in [0.5, 0.6) is 5.75 Å². The summed E-state index contributed by atoms with van der Waals surface area (Å²) in [5, 5.41) is 7.36. The number of nitrogens with zero attached hydrogens (tertiary/aromatic N) is 1. The summed E-state index contributed by atoms with van der Waals surface area (Å²) in [6.07, 6.45) is 0. The van der Waals surface area contributed by atoms with Gasteiger partial charge in [0, 0.05) is 18.7 Å². The van der Waals surface area contributed by atoms with E-state index in [-0.39, 0.29) is 0 Å². The van der Waals surface area contributed by atoms with Gasteiger partial charge in [0.1, 0.15) is 12.4 Å². The molecule has 0 aliphatic heterocycles. The normalized spacial score (nSPS) is 11.1. The number of aromatic nitrogens is 1. The summed E-state index contributed by atoms with van der Waals surface area (Å²) in [6, 6.07) is 6.56. The summed E-state index contributed by atoms with van der Waals surface area (Å²) in [6.45, 7) is 11.5. The van der Waals surface area contributed by atoms with E-state index in [1.54, 1.807) is 0 Å². The van der Waals surface area contributed by atoms with Crippen LogP contribution in [-0.2, 0) is 13.2 Å². The van der Waals surface area contributed by atoms with E-state index in [1.807, 2.05) is 6.07 Å². The predicted octanol–water partition coefficient (Wildman–Crippen LogP) is 3.68. The smallest absolute Gasteiger partial charge is 0.174 e. The second kappa shape index (κ2) is 6.76. The molecule has 0 spiro atoms. The molecule has 2 rings (SSSR count). The summed E-state index contributed by atoms with van der Waals surface area (Å²) in [4.78, 5) is 0. The monoisotopic (exact) mass is 288 g/mol. The summed E-state index contributed by atoms with van der Waals surface area (Å²) in [5.74, 6) is 1.68. The Hall–Kier alpha value is -1.81. The third-order valence-corrected chi connectivity index (χ3v) is 3.53. The van der Waals surface area contributed by atoms with E-state index in [2.05, 4.69) is 57.2 Å². The molecule has 0 atom stereocenters. The maximum atomic E-state index is 5.92. The fraction of sp³-hybridized carbons (Fsp3) is 0.471. The Balaban J connectivity index is 1.99. The van der Waals surface area contributed by atoms with Crippen molar-refractivity contribution in [3.63, 3.8) is 0 Å². The third kappa shape index (κ3) is 4.08. The van der Waals surface area contributed by atoms with E-state index in [0.717, 1.165) is 22.8 Å². The molecule has 1 aromatic heterocycles. The Kier molecular flexibility index (Phi) is 5.02. The van der Waals surface area contributed by atoms with E-state index in [0.29, 0.717) is 19.2 Å². The molecule has 0 bridgehead atoms. The number of ether oxygens (including phenoxy) is 1. The second-order valence-corrected chi connectivity index (χ2v) is 5.76. The zero-order valence-electron chi connectivity index (χ0n) is 13.5. The Labute approximate surface area is 126 Å². The average molecular weight is 288 g/mol. The van der Waals surface area contributed by atoms with Crippen molar-refractivity contribution in [3.8, 4) is 5.75 Å². The lowest BCUT2D eigenvalue weighted by molar-refractivity contribution is 0.245. The van der Waals surface area contributed by atoms with Crippen LogP contribution in [0.25, 0.3) is 0 Å². The van der Waals surface area contributed by atoms with Crippen LogP contribution in [0.4, 0.5) is 0 Å². The topological polar surface area (TPSA) is 47.3 Å². The lowest BCUT2D eigenvalue weighted by atomic mass is 10.1. The molecule has 0 unspecified atom stereocenters. The van der Waals surface area contributed by atoms with E-state index < -0.39 is 0 Å². The summed E-state index contributed by atoms with van der Waals surface area (Å²) in [5.41, 5.74) is 4.45. The van der Waals surface area contributed by atoms with E-state index >= 15 is 0 Å². The van der Waals surface area contributed by atoms with Crippen molar-refractivity contribution in [2.75, 3.05) is 0 Å². The molecule has 0 radical (unpaired) electrons. The highest BCUT2D eigenvalue weighted by molar-refractivity contribution is 5.44. The average Bonchev–Trinajstić information content (AvgIpc) is 2.89. The first-order valence-corrected chi connectivity index (χ1v) is 7.35. The number of hydrogen-bond acceptors (Lipinski definition) is 4. The largest absolute Gasteiger partial charge is 0.485 e. The minimum absolute atomic E-state index is 0.403. The number of rotatable bonds is 6. The first-order chi connectivity index (χ1) is 9.97. The maximum Gasteiger partial charge on any atom is 0.174 e. The summed E-state index contributed by atoms with van der Waals surface area (Å²) in [7, 11) is 0. The number of aryl methyl sites for hydroxylation is 2. The van der Waals surface area contributed by atoms with Gasteiger partial charge in [-0.1, -0.05) is 31.1 Å². The van der Waals surface area contributed by atoms with E-state index in [9.17, 15) is 0 Å². The Morgan fingerprint density at radius 3 is 2.62 bits per heavy atom. The van der Waals surface area contributed by atoms with Crippen LogP contribution in [0.1, 0.15) is 42.0 Å². The maximum absolute atomic E-state index is 5.92. The van der Waals surface area contributed by atoms with Gasteiger partial charge in [-0.15, -0.1) is 0 Å². The second-order valence-electron chi connectivity index (χ2n) is 5.76. The highest BCUT2D eigenvalue weighted by atomic mass is 16.5. The number of hydrogen-bond donors (Lipinski definition) is 1. The standard InChI is InChI=1S/C17H24N2O2/c1-11(2)18-9-15-8-16(21-19-15)10-20-17-13(4)7-6-12(3)14(17)5/h6-8,11,18H,9-10H2,1-5H3. The van der Waals surface area contributed by atoms with Gasteiger partial charge < -0.3 is 14.6 Å². The van der Waals surface area contributed by atoms with E-state index in [1.165, 1.54) is 11.1 Å². The fourth-order valence-electron chi connectivity index (χ4n) is 2.11. The van der Waals surface area contributed by atoms with Crippen molar-refractivity contribution in [2.24, 2.45) is 0 Å². The molecule has 0 fully saturated rings. The van der Waals surface area contributed by atoms with Crippen LogP contribution in [-0.4, -0.2) is 11.2 Å². The highest BCUT2D eigenvalue weighted by Gasteiger charge is 2.09. The fourth-order valence-corrected chi connectivity index (χ4v) is 2.11. The SMILES string of the molecule is Cc1ccc(C)c(OCc2cc(CNC(C)C)no2)c1C. The molecule has 2 aromatic rings. The first kappa shape index (κ1) is 15.6. The van der Waals surface area contributed by atoms with Crippen LogP contribution in [0, 0.1) is 20.8 Å². The Morgan fingerprint density at radius 1 is 1.19 bits per heavy atom. The molecule has 0 saturated carbocycles. The van der Waals surface area contributed by atoms with Crippen molar-refractivity contribution >= 4 is 0 Å². The van der Waals surface area contributed by atoms with Crippen molar-refractivity contribution in [2.45, 2.75) is 53.8 Å². The Morgan fingerprint density at radius 2 is 1.90 bits per heavy atom. The molecule has 1 aromatic carbocycles. The van der Waals surface area contributed by atoms with Gasteiger partial charge in [-0.25, -0.2) is 0 Å². The van der Waals surface area contributed by atoms with Crippen LogP contribution in [0.15, 0.2) is 22.7 Å². The van der Waals surface area contributed by atoms with Crippen molar-refractivity contribution in [3.05, 3.63) is 46.3 Å². The van der Waals surface area contributed by atoms with Gasteiger partial charge in [0.25, 0.3) is 0 Å². The third-order valence-electron chi connectivity index (χ3n) is 3.53. The minimum Gasteiger partial charge on any atom is -0.485 e. The van der Waals surface area contributed by atoms with Crippen LogP contribution in [0.2, 0.25) is 0 Å². The van der Waals surface area contributed by atoms with Gasteiger partial charge in [0.15, 0.2) is 5.76 Å². The summed E-state index contributed by atoms with van der Waals surface area (Å²) < 4.78 is 11.2. The summed E-state index contributed by atoms with van der Waals surface area (Å²) >= 11 is 0. The molecule has 4 nitrogen and oxygen atoms in total. The molecule has 0 aliphatic carbocycles. The molecule has 0 amide bonds. The zero-order chi connectivity index (χ0) is 15.4. The van der Waals surface area contributed by atoms with Crippen LogP contribution < -0.4 is 10.1 Å². The van der Waals surface area contributed by atoms with Gasteiger partial charge in [-0.3, -0.25) is 0 Å². The molecule has 0 saturated heterocycles. The van der Waals surface area contributed by atoms with Gasteiger partial charge >= 0.3 is 0 Å². The highest BCUT2D eigenvalue weighted by Crippen LogP contribution is 2.26. The van der Waals surface area contributed by atoms with Gasteiger partial charge in [-0.2, -0.15) is 0 Å². The molecular weight excluding hydrogens is 264 g/mol. The molecular formula is C17H24N2O2. The molecule has 4 heteroatoms. The van der Waals surface area contributed by atoms with Gasteiger partial charge in [-0.05, 0) is 37.5 Å². The number of nitrogens with one attached hydrogen (secondary N) is 1. The molecule has 1 N–H and O–H groups in total. The molecule has 114 valence electrons. The van der Waals surface area contributed by atoms with Crippen molar-refractivity contribution < 1.29 is 9.26 Å². The quantitative estimate of drug-likeness (QED) is 0.881. The minimum atomic E-state index is 0.403. The molecule has 0 aliphatic rings. The van der Waals surface area contributed by atoms with Crippen LogP contribution in [0.3, 0.4) is 0 Å². The van der Waals surface area contributed by atoms with Crippen molar-refractivity contribution in [1.82, 2.24) is 10.5 Å². The number of benzene rings is 1. The lowest BCUT2D eigenvalue weighted by Crippen LogP contribution is -2.21. The predicted molar refractivity (Wildman–Crippen MR) is 83.5 cm³/mol. The first-order valence-electron chi connectivity index (χ1n) is 7.35. The zero-order valence-corrected chi connectivity index (χ0v) is 13.5. The van der Waals surface area contributed by atoms with Gasteiger partial charge in [0.2, 0.25) is 0 Å².